The Kier molecular flexibility index (Phi) is 7.79. The van der Waals surface area contributed by atoms with Crippen molar-refractivity contribution >= 4 is 28.0 Å². The lowest BCUT2D eigenvalue weighted by atomic mass is 10.3. The zero-order valence-electron chi connectivity index (χ0n) is 18.6. The summed E-state index contributed by atoms with van der Waals surface area (Å²) in [5, 5.41) is 0. The highest BCUT2D eigenvalue weighted by molar-refractivity contribution is 6.86. The summed E-state index contributed by atoms with van der Waals surface area (Å²) in [4.78, 5) is 0. The van der Waals surface area contributed by atoms with Crippen LogP contribution in [0.1, 0.15) is 26.7 Å². The minimum Gasteiger partial charge on any atom is -0.491 e. The molecule has 2 aromatic rings. The molecule has 0 saturated carbocycles. The molecule has 0 heterocycles. The zero-order chi connectivity index (χ0) is 21.7. The molecule has 0 bridgehead atoms. The first-order chi connectivity index (χ1) is 13.6. The minimum absolute atomic E-state index is 0.0448. The molecule has 0 aliphatic rings. The highest BCUT2D eigenvalue weighted by atomic mass is 28.4. The monoisotopic (exact) mass is 432 g/mol. The van der Waals surface area contributed by atoms with Crippen molar-refractivity contribution < 1.29 is 13.6 Å². The molecule has 0 aliphatic heterocycles. The van der Waals surface area contributed by atoms with Crippen molar-refractivity contribution in [3.8, 4) is 11.5 Å². The van der Waals surface area contributed by atoms with E-state index in [-0.39, 0.29) is 11.5 Å². The average Bonchev–Trinajstić information content (AvgIpc) is 2.65. The van der Waals surface area contributed by atoms with Gasteiger partial charge < -0.3 is 25.1 Å². The number of nitrogens with two attached hydrogens (primary N) is 2. The summed E-state index contributed by atoms with van der Waals surface area (Å²) < 4.78 is 19.8. The molecule has 0 fully saturated rings. The molecule has 2 atom stereocenters. The van der Waals surface area contributed by atoms with Gasteiger partial charge in [0.1, 0.15) is 23.0 Å². The number of rotatable bonds is 10. The summed E-state index contributed by atoms with van der Waals surface area (Å²) in [6.07, 6.45) is 1.69. The van der Waals surface area contributed by atoms with Crippen LogP contribution in [0.4, 0.5) is 11.4 Å². The lowest BCUT2D eigenvalue weighted by Crippen LogP contribution is -2.64. The van der Waals surface area contributed by atoms with Gasteiger partial charge in [-0.1, -0.05) is 13.8 Å². The van der Waals surface area contributed by atoms with Crippen LogP contribution in [0.15, 0.2) is 48.5 Å². The molecule has 0 saturated heterocycles. The van der Waals surface area contributed by atoms with Crippen LogP contribution in [0.3, 0.4) is 0 Å². The second-order valence-electron chi connectivity index (χ2n) is 8.57. The standard InChI is InChI=1S/C22H36N2O3Si2/c1-7-21(25-19-13-9-17(23)10-14-19)29(6,27-28(3,4)5)22(8-2)26-20-15-11-18(24)12-16-20/h9-16,21-22H,7-8,23-24H2,1-6H3. The van der Waals surface area contributed by atoms with E-state index in [2.05, 4.69) is 40.0 Å². The highest BCUT2D eigenvalue weighted by Gasteiger charge is 2.50. The van der Waals surface area contributed by atoms with E-state index in [1.54, 1.807) is 0 Å². The normalized spacial score (nSPS) is 15.9. The number of anilines is 2. The van der Waals surface area contributed by atoms with Gasteiger partial charge in [0, 0.05) is 11.4 Å². The lowest BCUT2D eigenvalue weighted by Gasteiger charge is -2.44. The molecule has 0 amide bonds. The maximum absolute atomic E-state index is 6.90. The third-order valence-electron chi connectivity index (χ3n) is 4.86. The zero-order valence-corrected chi connectivity index (χ0v) is 20.6. The van der Waals surface area contributed by atoms with E-state index in [4.69, 9.17) is 25.1 Å². The number of hydrogen-bond acceptors (Lipinski definition) is 5. The topological polar surface area (TPSA) is 79.7 Å². The fourth-order valence-electron chi connectivity index (χ4n) is 3.63. The predicted molar refractivity (Wildman–Crippen MR) is 127 cm³/mol. The van der Waals surface area contributed by atoms with Gasteiger partial charge >= 0.3 is 0 Å². The SMILES string of the molecule is CCC(Oc1ccc(N)cc1)[Si](C)(O[Si](C)(C)C)C(CC)Oc1ccc(N)cc1. The van der Waals surface area contributed by atoms with Crippen molar-refractivity contribution in [3.05, 3.63) is 48.5 Å². The first-order valence-corrected chi connectivity index (χ1v) is 16.3. The van der Waals surface area contributed by atoms with Crippen LogP contribution < -0.4 is 20.9 Å². The van der Waals surface area contributed by atoms with Crippen molar-refractivity contribution in [1.29, 1.82) is 0 Å². The van der Waals surface area contributed by atoms with Gasteiger partial charge in [-0.3, -0.25) is 0 Å². The molecule has 2 aromatic carbocycles. The first-order valence-electron chi connectivity index (χ1n) is 10.3. The smallest absolute Gasteiger partial charge is 0.261 e. The van der Waals surface area contributed by atoms with Crippen molar-refractivity contribution in [2.24, 2.45) is 0 Å². The van der Waals surface area contributed by atoms with Gasteiger partial charge in [-0.2, -0.15) is 0 Å². The van der Waals surface area contributed by atoms with Gasteiger partial charge in [-0.15, -0.1) is 0 Å². The van der Waals surface area contributed by atoms with Gasteiger partial charge in [0.15, 0.2) is 8.32 Å². The van der Waals surface area contributed by atoms with Crippen molar-refractivity contribution in [3.63, 3.8) is 0 Å². The summed E-state index contributed by atoms with van der Waals surface area (Å²) in [5.41, 5.74) is 13.0. The molecular weight excluding hydrogens is 396 g/mol. The maximum atomic E-state index is 6.90. The van der Waals surface area contributed by atoms with Crippen LogP contribution in [0, 0.1) is 0 Å². The highest BCUT2D eigenvalue weighted by Crippen LogP contribution is 2.31. The third kappa shape index (κ3) is 6.52. The number of benzene rings is 2. The van der Waals surface area contributed by atoms with E-state index in [9.17, 15) is 0 Å². The van der Waals surface area contributed by atoms with Crippen molar-refractivity contribution in [2.75, 3.05) is 11.5 Å². The van der Waals surface area contributed by atoms with Crippen LogP contribution in [-0.4, -0.2) is 28.1 Å². The molecule has 2 rings (SSSR count). The fraction of sp³-hybridized carbons (Fsp3) is 0.455. The van der Waals surface area contributed by atoms with E-state index >= 15 is 0 Å². The van der Waals surface area contributed by atoms with Gasteiger partial charge in [0.05, 0.1) is 0 Å². The fourth-order valence-corrected chi connectivity index (χ4v) is 12.7. The molecule has 29 heavy (non-hydrogen) atoms. The third-order valence-corrected chi connectivity index (χ3v) is 12.7. The van der Waals surface area contributed by atoms with E-state index in [0.29, 0.717) is 0 Å². The van der Waals surface area contributed by atoms with E-state index in [1.165, 1.54) is 0 Å². The molecule has 0 aliphatic carbocycles. The largest absolute Gasteiger partial charge is 0.491 e. The number of hydrogen-bond donors (Lipinski definition) is 2. The molecule has 0 spiro atoms. The van der Waals surface area contributed by atoms with Crippen LogP contribution in [0.2, 0.25) is 26.2 Å². The second-order valence-corrected chi connectivity index (χ2v) is 17.3. The van der Waals surface area contributed by atoms with Crippen molar-refractivity contribution in [1.82, 2.24) is 0 Å². The van der Waals surface area contributed by atoms with E-state index in [0.717, 1.165) is 35.7 Å². The van der Waals surface area contributed by atoms with Crippen LogP contribution >= 0.6 is 0 Å². The molecule has 5 nitrogen and oxygen atoms in total. The van der Waals surface area contributed by atoms with Gasteiger partial charge in [-0.05, 0) is 87.6 Å². The Hall–Kier alpha value is -1.97. The first kappa shape index (κ1) is 23.3. The molecule has 7 heteroatoms. The Balaban J connectivity index is 2.36. The van der Waals surface area contributed by atoms with Crippen LogP contribution in [0.25, 0.3) is 0 Å². The summed E-state index contributed by atoms with van der Waals surface area (Å²) >= 11 is 0. The summed E-state index contributed by atoms with van der Waals surface area (Å²) in [6, 6.07) is 15.1. The Morgan fingerprint density at radius 1 is 0.690 bits per heavy atom. The molecule has 0 aromatic heterocycles. The Bertz CT molecular complexity index is 706. The minimum atomic E-state index is -2.48. The van der Waals surface area contributed by atoms with Gasteiger partial charge in [0.25, 0.3) is 8.32 Å². The Labute approximate surface area is 177 Å². The molecular formula is C22H36N2O3Si2. The molecule has 160 valence electrons. The predicted octanol–water partition coefficient (Wildman–Crippen LogP) is 5.37. The lowest BCUT2D eigenvalue weighted by molar-refractivity contribution is 0.189. The average molecular weight is 433 g/mol. The summed E-state index contributed by atoms with van der Waals surface area (Å²) in [7, 11) is -4.32. The summed E-state index contributed by atoms with van der Waals surface area (Å²) in [6.45, 7) is 13.2. The number of ether oxygens (including phenoxy) is 2. The van der Waals surface area contributed by atoms with Gasteiger partial charge in [0.2, 0.25) is 0 Å². The molecule has 2 unspecified atom stereocenters. The Morgan fingerprint density at radius 2 is 1.03 bits per heavy atom. The number of nitrogen functional groups attached to an aromatic ring is 2. The van der Waals surface area contributed by atoms with Gasteiger partial charge in [-0.25, -0.2) is 0 Å². The van der Waals surface area contributed by atoms with Crippen LogP contribution in [-0.2, 0) is 4.12 Å². The molecule has 0 radical (unpaired) electrons. The second kappa shape index (κ2) is 9.69. The molecule has 4 N–H and O–H groups in total. The van der Waals surface area contributed by atoms with E-state index < -0.39 is 16.6 Å². The summed E-state index contributed by atoms with van der Waals surface area (Å²) in [5.74, 6) is 1.62. The quantitative estimate of drug-likeness (QED) is 0.390. The van der Waals surface area contributed by atoms with E-state index in [1.807, 2.05) is 48.5 Å². The van der Waals surface area contributed by atoms with Crippen LogP contribution in [0.5, 0.6) is 11.5 Å². The maximum Gasteiger partial charge on any atom is 0.261 e. The van der Waals surface area contributed by atoms with Crippen molar-refractivity contribution in [2.45, 2.75) is 64.3 Å². The Morgan fingerprint density at radius 3 is 1.31 bits per heavy atom.